The fourth-order valence-electron chi connectivity index (χ4n) is 3.50. The fourth-order valence-corrected chi connectivity index (χ4v) is 3.83. The van der Waals surface area contributed by atoms with E-state index in [0.717, 1.165) is 50.7 Å². The predicted octanol–water partition coefficient (Wildman–Crippen LogP) is 1.81. The molecule has 26 heavy (non-hydrogen) atoms. The first-order valence-electron chi connectivity index (χ1n) is 8.53. The molecule has 1 atom stereocenters. The summed E-state index contributed by atoms with van der Waals surface area (Å²) in [5, 5.41) is 9.39. The first-order chi connectivity index (χ1) is 12.4. The predicted molar refractivity (Wildman–Crippen MR) is 103 cm³/mol. The van der Waals surface area contributed by atoms with Crippen molar-refractivity contribution in [3.63, 3.8) is 0 Å². The number of carboxylic acids is 1. The molecule has 1 saturated carbocycles. The number of carboxylic acid groups (broad SMARTS) is 1. The molecule has 1 aliphatic rings. The van der Waals surface area contributed by atoms with Gasteiger partial charge in [0.25, 0.3) is 0 Å². The van der Waals surface area contributed by atoms with Crippen LogP contribution in [-0.2, 0) is 0 Å². The van der Waals surface area contributed by atoms with Crippen molar-refractivity contribution in [1.82, 2.24) is 9.38 Å². The molecule has 0 radical (unpaired) electrons. The summed E-state index contributed by atoms with van der Waals surface area (Å²) in [6.45, 7) is 4.04. The molecule has 1 N–H and O–H groups in total. The van der Waals surface area contributed by atoms with E-state index in [0.29, 0.717) is 5.92 Å². The van der Waals surface area contributed by atoms with E-state index in [-0.39, 0.29) is 5.56 Å². The Hall–Kier alpha value is -2.39. The van der Waals surface area contributed by atoms with Gasteiger partial charge in [0.2, 0.25) is 0 Å². The van der Waals surface area contributed by atoms with E-state index in [4.69, 9.17) is 0 Å². The van der Waals surface area contributed by atoms with E-state index >= 15 is 0 Å². The van der Waals surface area contributed by atoms with Gasteiger partial charge in [-0.05, 0) is 0 Å². The quantitative estimate of drug-likeness (QED) is 0.669. The molecule has 1 aliphatic carbocycles. The molecule has 3 aromatic heterocycles. The van der Waals surface area contributed by atoms with Crippen molar-refractivity contribution in [2.45, 2.75) is 32.6 Å². The van der Waals surface area contributed by atoms with Crippen molar-refractivity contribution in [1.29, 1.82) is 0 Å². The number of aromatic nitrogens is 2. The molecule has 0 aliphatic heterocycles. The van der Waals surface area contributed by atoms with Crippen molar-refractivity contribution < 1.29 is 9.90 Å². The van der Waals surface area contributed by atoms with Crippen LogP contribution in [0.3, 0.4) is 0 Å². The number of nitrogens with zero attached hydrogens (tertiary/aromatic N) is 2. The second-order valence-corrected chi connectivity index (χ2v) is 8.04. The van der Waals surface area contributed by atoms with Crippen LogP contribution in [0.25, 0.3) is 16.6 Å². The van der Waals surface area contributed by atoms with Crippen molar-refractivity contribution >= 4 is 32.8 Å². The Balaban J connectivity index is 2.05. The van der Waals surface area contributed by atoms with E-state index in [1.54, 1.807) is 12.3 Å². The van der Waals surface area contributed by atoms with Gasteiger partial charge in [0, 0.05) is 0 Å². The van der Waals surface area contributed by atoms with Crippen LogP contribution in [0.5, 0.6) is 0 Å². The van der Waals surface area contributed by atoms with Crippen LogP contribution in [0.4, 0.5) is 0 Å². The number of pyridine rings is 3. The third-order valence-electron chi connectivity index (χ3n) is 5.09. The van der Waals surface area contributed by atoms with Gasteiger partial charge in [-0.1, -0.05) is 0 Å². The average molecular weight is 410 g/mol. The fraction of sp³-hybridized carbons (Fsp3) is 0.250. The molecule has 5 nitrogen and oxygen atoms in total. The normalized spacial score (nSPS) is 14.0. The van der Waals surface area contributed by atoms with E-state index < -0.39 is 11.5 Å². The molecule has 3 heterocycles. The molecular formula is C20H19AsN2O3. The Morgan fingerprint density at radius 3 is 2.65 bits per heavy atom. The van der Waals surface area contributed by atoms with Gasteiger partial charge in [-0.2, -0.15) is 0 Å². The standard InChI is InChI=1S/C20H19AsN2O3/c1-10-7-13(9-22-18(10)21)14-5-6-23-17(11(14)2)15(12-3-4-12)8-16(19(23)24)20(25)26/h5-9,12H,3-4,21H2,1-2H3,(H,25,26). The van der Waals surface area contributed by atoms with Crippen LogP contribution in [0.15, 0.2) is 35.4 Å². The molecule has 0 saturated heterocycles. The molecule has 0 aromatic carbocycles. The van der Waals surface area contributed by atoms with Gasteiger partial charge in [-0.15, -0.1) is 0 Å². The SMILES string of the molecule is Cc1cc(-c2ccn3c(=O)c(C(=O)O)cc(C4CC4)c3c2C)cnc1[AsH2]. The number of fused-ring (bicyclic) bond motifs is 1. The number of rotatable bonds is 3. The maximum absolute atomic E-state index is 12.6. The number of aromatic carboxylic acids is 1. The minimum atomic E-state index is -1.17. The summed E-state index contributed by atoms with van der Waals surface area (Å²) in [5.74, 6) is -0.841. The monoisotopic (exact) mass is 410 g/mol. The average Bonchev–Trinajstić information content (AvgIpc) is 3.43. The summed E-state index contributed by atoms with van der Waals surface area (Å²) in [6, 6.07) is 5.57. The molecule has 6 heteroatoms. The van der Waals surface area contributed by atoms with Crippen molar-refractivity contribution in [3.05, 3.63) is 63.2 Å². The van der Waals surface area contributed by atoms with Crippen molar-refractivity contribution in [3.8, 4) is 11.1 Å². The summed E-state index contributed by atoms with van der Waals surface area (Å²) in [4.78, 5) is 28.6. The van der Waals surface area contributed by atoms with E-state index in [2.05, 4.69) is 11.1 Å². The summed E-state index contributed by atoms with van der Waals surface area (Å²) in [6.07, 6.45) is 5.62. The zero-order valence-electron chi connectivity index (χ0n) is 14.6. The molecule has 0 bridgehead atoms. The van der Waals surface area contributed by atoms with Gasteiger partial charge in [0.15, 0.2) is 0 Å². The second kappa shape index (κ2) is 6.10. The van der Waals surface area contributed by atoms with Crippen molar-refractivity contribution in [2.75, 3.05) is 0 Å². The van der Waals surface area contributed by atoms with Crippen LogP contribution < -0.4 is 10.0 Å². The van der Waals surface area contributed by atoms with Gasteiger partial charge in [0.05, 0.1) is 0 Å². The zero-order chi connectivity index (χ0) is 18.6. The minimum absolute atomic E-state index is 0.161. The first-order valence-corrected chi connectivity index (χ1v) is 9.74. The molecule has 1 fully saturated rings. The summed E-state index contributed by atoms with van der Waals surface area (Å²) in [5.41, 5.74) is 5.32. The summed E-state index contributed by atoms with van der Waals surface area (Å²) >= 11 is 1.50. The number of hydrogen-bond donors (Lipinski definition) is 1. The van der Waals surface area contributed by atoms with Crippen molar-refractivity contribution in [2.24, 2.45) is 0 Å². The van der Waals surface area contributed by atoms with Gasteiger partial charge in [-0.3, -0.25) is 0 Å². The van der Waals surface area contributed by atoms with Gasteiger partial charge in [0.1, 0.15) is 0 Å². The second-order valence-electron chi connectivity index (χ2n) is 6.90. The van der Waals surface area contributed by atoms with Gasteiger partial charge < -0.3 is 0 Å². The molecule has 132 valence electrons. The summed E-state index contributed by atoms with van der Waals surface area (Å²) < 4.78 is 2.55. The van der Waals surface area contributed by atoms with E-state index in [1.165, 1.54) is 21.3 Å². The molecule has 1 unspecified atom stereocenters. The van der Waals surface area contributed by atoms with E-state index in [1.807, 2.05) is 26.1 Å². The molecule has 0 spiro atoms. The van der Waals surface area contributed by atoms with Gasteiger partial charge in [-0.25, -0.2) is 0 Å². The van der Waals surface area contributed by atoms with Crippen LogP contribution in [0.1, 0.15) is 45.8 Å². The number of hydrogen-bond acceptors (Lipinski definition) is 3. The third kappa shape index (κ3) is 2.67. The Bertz CT molecular complexity index is 1130. The molecule has 0 amide bonds. The summed E-state index contributed by atoms with van der Waals surface area (Å²) in [7, 11) is 0. The van der Waals surface area contributed by atoms with E-state index in [9.17, 15) is 14.7 Å². The van der Waals surface area contributed by atoms with Crippen LogP contribution in [0, 0.1) is 13.8 Å². The zero-order valence-corrected chi connectivity index (χ0v) is 17.0. The first kappa shape index (κ1) is 17.0. The molecule has 4 rings (SSSR count). The Morgan fingerprint density at radius 2 is 2.04 bits per heavy atom. The van der Waals surface area contributed by atoms with Crippen LogP contribution in [-0.4, -0.2) is 37.3 Å². The Morgan fingerprint density at radius 1 is 1.31 bits per heavy atom. The Labute approximate surface area is 159 Å². The molecular weight excluding hydrogens is 391 g/mol. The third-order valence-corrected chi connectivity index (χ3v) is 6.36. The topological polar surface area (TPSA) is 71.7 Å². The maximum atomic E-state index is 12.6. The number of aryl methyl sites for hydroxylation is 2. The molecule has 3 aromatic rings. The van der Waals surface area contributed by atoms with Crippen LogP contribution >= 0.6 is 0 Å². The Kier molecular flexibility index (Phi) is 4.00. The van der Waals surface area contributed by atoms with Gasteiger partial charge >= 0.3 is 159 Å². The van der Waals surface area contributed by atoms with Crippen LogP contribution in [0.2, 0.25) is 0 Å². The number of carbonyl (C=O) groups is 1.